The first-order valence-corrected chi connectivity index (χ1v) is 12.0. The topological polar surface area (TPSA) is 100.0 Å². The largest absolute Gasteiger partial charge is 0.324 e. The van der Waals surface area contributed by atoms with Crippen LogP contribution in [0.1, 0.15) is 44.7 Å². The number of nitrogens with zero attached hydrogens (tertiary/aromatic N) is 2. The summed E-state index contributed by atoms with van der Waals surface area (Å²) in [5.74, 6) is -0.448. The van der Waals surface area contributed by atoms with Gasteiger partial charge in [0, 0.05) is 5.69 Å². The summed E-state index contributed by atoms with van der Waals surface area (Å²) in [5, 5.41) is 2.96. The van der Waals surface area contributed by atoms with Crippen molar-refractivity contribution in [2.45, 2.75) is 51.5 Å². The Bertz CT molecular complexity index is 1150. The van der Waals surface area contributed by atoms with Gasteiger partial charge in [0.15, 0.2) is 0 Å². The van der Waals surface area contributed by atoms with Crippen LogP contribution in [-0.2, 0) is 26.2 Å². The maximum Gasteiger partial charge on any atom is 0.243 e. The molecular weight excluding hydrogens is 420 g/mol. The number of nitrogens with one attached hydrogen (secondary N) is 2. The van der Waals surface area contributed by atoms with Gasteiger partial charge in [0.2, 0.25) is 15.9 Å². The number of hydrogen-bond acceptors (Lipinski definition) is 5. The number of amides is 1. The number of rotatable bonds is 7. The Morgan fingerprint density at radius 1 is 1.03 bits per heavy atom. The SMILES string of the molecule is Cc1cccc(C(C)C)c1NC(=O)[C@@H](NS(=O)(=O)c1cccc2c1N=S=N2)C(C)C. The van der Waals surface area contributed by atoms with E-state index in [0.717, 1.165) is 28.2 Å². The fraction of sp³-hybridized carbons (Fsp3) is 0.381. The molecule has 2 aromatic carbocycles. The van der Waals surface area contributed by atoms with Crippen molar-refractivity contribution < 1.29 is 13.2 Å². The van der Waals surface area contributed by atoms with Crippen molar-refractivity contribution in [2.24, 2.45) is 14.6 Å². The van der Waals surface area contributed by atoms with Crippen molar-refractivity contribution in [3.8, 4) is 0 Å². The first-order valence-electron chi connectivity index (χ1n) is 9.75. The Labute approximate surface area is 181 Å². The van der Waals surface area contributed by atoms with Crippen LogP contribution in [0.5, 0.6) is 0 Å². The van der Waals surface area contributed by atoms with E-state index < -0.39 is 22.0 Å². The lowest BCUT2D eigenvalue weighted by Crippen LogP contribution is -2.47. The van der Waals surface area contributed by atoms with Crippen LogP contribution in [0.2, 0.25) is 0 Å². The fourth-order valence-corrected chi connectivity index (χ4v) is 5.37. The number of hydrogen-bond donors (Lipinski definition) is 2. The van der Waals surface area contributed by atoms with E-state index in [0.29, 0.717) is 11.4 Å². The van der Waals surface area contributed by atoms with Gasteiger partial charge in [0.25, 0.3) is 0 Å². The predicted molar refractivity (Wildman–Crippen MR) is 121 cm³/mol. The normalized spacial score (nSPS) is 14.0. The highest BCUT2D eigenvalue weighted by Gasteiger charge is 2.31. The lowest BCUT2D eigenvalue weighted by Gasteiger charge is -2.24. The summed E-state index contributed by atoms with van der Waals surface area (Å²) in [6.07, 6.45) is 0. The van der Waals surface area contributed by atoms with Crippen LogP contribution in [0, 0.1) is 12.8 Å². The number of carbonyl (C=O) groups excluding carboxylic acids is 1. The third kappa shape index (κ3) is 4.53. The summed E-state index contributed by atoms with van der Waals surface area (Å²) in [7, 11) is -3.98. The second-order valence-electron chi connectivity index (χ2n) is 7.91. The molecule has 1 aliphatic rings. The van der Waals surface area contributed by atoms with E-state index in [4.69, 9.17) is 0 Å². The summed E-state index contributed by atoms with van der Waals surface area (Å²) < 4.78 is 37.0. The molecule has 7 nitrogen and oxygen atoms in total. The van der Waals surface area contributed by atoms with Gasteiger partial charge < -0.3 is 5.32 Å². The molecule has 1 atom stereocenters. The van der Waals surface area contributed by atoms with Crippen molar-refractivity contribution in [1.82, 2.24) is 4.72 Å². The van der Waals surface area contributed by atoms with E-state index in [2.05, 4.69) is 32.6 Å². The highest BCUT2D eigenvalue weighted by Crippen LogP contribution is 2.37. The molecular formula is C21H26N4O3S2. The summed E-state index contributed by atoms with van der Waals surface area (Å²) in [6, 6.07) is 9.69. The number of anilines is 1. The van der Waals surface area contributed by atoms with Gasteiger partial charge in [-0.05, 0) is 42.0 Å². The van der Waals surface area contributed by atoms with Gasteiger partial charge in [-0.15, -0.1) is 0 Å². The summed E-state index contributed by atoms with van der Waals surface area (Å²) in [4.78, 5) is 13.2. The molecule has 1 aliphatic heterocycles. The highest BCUT2D eigenvalue weighted by atomic mass is 32.2. The summed E-state index contributed by atoms with van der Waals surface area (Å²) in [6.45, 7) is 9.63. The molecule has 3 rings (SSSR count). The zero-order chi connectivity index (χ0) is 22.1. The molecule has 0 radical (unpaired) electrons. The Morgan fingerprint density at radius 3 is 2.40 bits per heavy atom. The van der Waals surface area contributed by atoms with Gasteiger partial charge in [0.1, 0.15) is 22.3 Å². The fourth-order valence-electron chi connectivity index (χ4n) is 3.26. The monoisotopic (exact) mass is 446 g/mol. The molecule has 0 saturated heterocycles. The predicted octanol–water partition coefficient (Wildman–Crippen LogP) is 4.79. The molecule has 0 bridgehead atoms. The molecule has 2 aromatic rings. The molecule has 0 fully saturated rings. The molecule has 30 heavy (non-hydrogen) atoms. The minimum Gasteiger partial charge on any atom is -0.324 e. The zero-order valence-electron chi connectivity index (χ0n) is 17.6. The van der Waals surface area contributed by atoms with Gasteiger partial charge in [-0.25, -0.2) is 8.42 Å². The molecule has 160 valence electrons. The number of carbonyl (C=O) groups is 1. The smallest absolute Gasteiger partial charge is 0.243 e. The molecule has 1 heterocycles. The molecule has 9 heteroatoms. The zero-order valence-corrected chi connectivity index (χ0v) is 19.3. The molecule has 2 N–H and O–H groups in total. The summed E-state index contributed by atoms with van der Waals surface area (Å²) >= 11 is 0.951. The average Bonchev–Trinajstić information content (AvgIpc) is 3.15. The van der Waals surface area contributed by atoms with Gasteiger partial charge in [-0.3, -0.25) is 4.79 Å². The molecule has 0 aromatic heterocycles. The molecule has 0 spiro atoms. The Hall–Kier alpha value is -2.36. The number of sulfonamides is 1. The maximum absolute atomic E-state index is 13.1. The van der Waals surface area contributed by atoms with E-state index in [1.807, 2.05) is 25.1 Å². The van der Waals surface area contributed by atoms with Crippen LogP contribution in [0.4, 0.5) is 17.1 Å². The van der Waals surface area contributed by atoms with Crippen molar-refractivity contribution in [2.75, 3.05) is 5.32 Å². The van der Waals surface area contributed by atoms with Crippen molar-refractivity contribution in [3.05, 3.63) is 47.5 Å². The number of aryl methyl sites for hydroxylation is 1. The van der Waals surface area contributed by atoms with E-state index in [9.17, 15) is 13.2 Å². The highest BCUT2D eigenvalue weighted by molar-refractivity contribution is 7.89. The van der Waals surface area contributed by atoms with Crippen molar-refractivity contribution >= 4 is 44.3 Å². The lowest BCUT2D eigenvalue weighted by atomic mass is 9.97. The van der Waals surface area contributed by atoms with Crippen molar-refractivity contribution in [1.29, 1.82) is 0 Å². The lowest BCUT2D eigenvalue weighted by molar-refractivity contribution is -0.118. The molecule has 0 saturated carbocycles. The second-order valence-corrected chi connectivity index (χ2v) is 10.1. The minimum atomic E-state index is -3.98. The average molecular weight is 447 g/mol. The van der Waals surface area contributed by atoms with Crippen LogP contribution < -0.4 is 10.0 Å². The third-order valence-electron chi connectivity index (χ3n) is 4.94. The van der Waals surface area contributed by atoms with Crippen LogP contribution in [0.25, 0.3) is 0 Å². The van der Waals surface area contributed by atoms with Gasteiger partial charge in [-0.2, -0.15) is 13.4 Å². The van der Waals surface area contributed by atoms with E-state index in [1.165, 1.54) is 6.07 Å². The number of para-hydroxylation sites is 1. The molecule has 0 unspecified atom stereocenters. The van der Waals surface area contributed by atoms with E-state index in [-0.39, 0.29) is 16.7 Å². The minimum absolute atomic E-state index is 0.0194. The van der Waals surface area contributed by atoms with Crippen molar-refractivity contribution in [3.63, 3.8) is 0 Å². The quantitative estimate of drug-likeness (QED) is 0.546. The van der Waals surface area contributed by atoms with Gasteiger partial charge >= 0.3 is 0 Å². The first-order chi connectivity index (χ1) is 14.1. The van der Waals surface area contributed by atoms with E-state index >= 15 is 0 Å². The van der Waals surface area contributed by atoms with Gasteiger partial charge in [0.05, 0.1) is 11.4 Å². The Balaban J connectivity index is 1.90. The number of benzene rings is 2. The molecule has 1 amide bonds. The molecule has 0 aliphatic carbocycles. The Kier molecular flexibility index (Phi) is 6.54. The second kappa shape index (κ2) is 8.79. The summed E-state index contributed by atoms with van der Waals surface area (Å²) in [5.41, 5.74) is 3.48. The van der Waals surface area contributed by atoms with Crippen LogP contribution in [0.15, 0.2) is 50.0 Å². The van der Waals surface area contributed by atoms with E-state index in [1.54, 1.807) is 26.0 Å². The van der Waals surface area contributed by atoms with Crippen LogP contribution in [0.3, 0.4) is 0 Å². The van der Waals surface area contributed by atoms with Crippen LogP contribution >= 0.6 is 0 Å². The third-order valence-corrected chi connectivity index (χ3v) is 6.96. The maximum atomic E-state index is 13.1. The van der Waals surface area contributed by atoms with Crippen LogP contribution in [-0.4, -0.2) is 20.4 Å². The van der Waals surface area contributed by atoms with Gasteiger partial charge in [-0.1, -0.05) is 52.0 Å². The number of fused-ring (bicyclic) bond motifs is 1. The standard InChI is InChI=1S/C21H26N4O3S2/c1-12(2)15-9-6-8-14(5)19(15)22-21(26)18(13(3)4)25-30(27,28)17-11-7-10-16-20(17)24-29-23-16/h6-13,18,25H,1-5H3,(H,22,26)/t18-/m0/s1. The Morgan fingerprint density at radius 2 is 1.73 bits per heavy atom. The first kappa shape index (κ1) is 22.3.